The number of aliphatic hydroxyl groups excluding tert-OH is 1. The SMILES string of the molecule is Cl.OCCn1cc(NC2CCCC2)cn1. The van der Waals surface area contributed by atoms with Crippen molar-refractivity contribution in [2.24, 2.45) is 0 Å². The molecule has 2 N–H and O–H groups in total. The Kier molecular flexibility index (Phi) is 4.91. The maximum absolute atomic E-state index is 8.73. The summed E-state index contributed by atoms with van der Waals surface area (Å²) in [5.41, 5.74) is 1.07. The highest BCUT2D eigenvalue weighted by atomic mass is 35.5. The number of aliphatic hydroxyl groups is 1. The Morgan fingerprint density at radius 2 is 2.20 bits per heavy atom. The number of rotatable bonds is 4. The summed E-state index contributed by atoms with van der Waals surface area (Å²) in [6.07, 6.45) is 8.99. The van der Waals surface area contributed by atoms with Crippen LogP contribution >= 0.6 is 12.4 Å². The van der Waals surface area contributed by atoms with Crippen LogP contribution in [0.25, 0.3) is 0 Å². The summed E-state index contributed by atoms with van der Waals surface area (Å²) in [4.78, 5) is 0. The lowest BCUT2D eigenvalue weighted by molar-refractivity contribution is 0.269. The molecular weight excluding hydrogens is 214 g/mol. The van der Waals surface area contributed by atoms with Crippen LogP contribution in [0.5, 0.6) is 0 Å². The Morgan fingerprint density at radius 1 is 1.47 bits per heavy atom. The second kappa shape index (κ2) is 5.98. The molecule has 1 saturated carbocycles. The monoisotopic (exact) mass is 231 g/mol. The molecular formula is C10H18ClN3O. The van der Waals surface area contributed by atoms with Crippen molar-refractivity contribution < 1.29 is 5.11 Å². The van der Waals surface area contributed by atoms with Crippen LogP contribution in [0.4, 0.5) is 5.69 Å². The topological polar surface area (TPSA) is 50.1 Å². The summed E-state index contributed by atoms with van der Waals surface area (Å²) < 4.78 is 1.76. The number of hydrogen-bond donors (Lipinski definition) is 2. The molecule has 0 aromatic carbocycles. The van der Waals surface area contributed by atoms with Gasteiger partial charge in [0.15, 0.2) is 0 Å². The van der Waals surface area contributed by atoms with Crippen molar-refractivity contribution >= 4 is 18.1 Å². The lowest BCUT2D eigenvalue weighted by Crippen LogP contribution is -2.13. The first-order chi connectivity index (χ1) is 6.88. The van der Waals surface area contributed by atoms with Crippen LogP contribution in [-0.2, 0) is 6.54 Å². The fourth-order valence-electron chi connectivity index (χ4n) is 1.97. The molecule has 1 aromatic heterocycles. The van der Waals surface area contributed by atoms with Gasteiger partial charge in [-0.05, 0) is 12.8 Å². The Labute approximate surface area is 96.1 Å². The minimum Gasteiger partial charge on any atom is -0.394 e. The Bertz CT molecular complexity index is 284. The molecule has 0 radical (unpaired) electrons. The molecule has 1 aromatic rings. The Balaban J connectivity index is 0.00000112. The minimum atomic E-state index is 0. The molecule has 0 spiro atoms. The number of aromatic nitrogens is 2. The molecule has 0 amide bonds. The van der Waals surface area contributed by atoms with Crippen LogP contribution in [0.2, 0.25) is 0 Å². The number of nitrogens with one attached hydrogen (secondary N) is 1. The van der Waals surface area contributed by atoms with Crippen LogP contribution in [-0.4, -0.2) is 27.5 Å². The maximum Gasteiger partial charge on any atom is 0.0728 e. The third-order valence-electron chi connectivity index (χ3n) is 2.69. The van der Waals surface area contributed by atoms with Crippen molar-refractivity contribution in [2.75, 3.05) is 11.9 Å². The van der Waals surface area contributed by atoms with Crippen molar-refractivity contribution in [2.45, 2.75) is 38.3 Å². The summed E-state index contributed by atoms with van der Waals surface area (Å²) in [5.74, 6) is 0. The first-order valence-electron chi connectivity index (χ1n) is 5.28. The summed E-state index contributed by atoms with van der Waals surface area (Å²) in [5, 5.41) is 16.3. The van der Waals surface area contributed by atoms with E-state index in [1.54, 1.807) is 4.68 Å². The van der Waals surface area contributed by atoms with Gasteiger partial charge in [0.25, 0.3) is 0 Å². The summed E-state index contributed by atoms with van der Waals surface area (Å²) >= 11 is 0. The number of hydrogen-bond acceptors (Lipinski definition) is 3. The van der Waals surface area contributed by atoms with Gasteiger partial charge in [-0.2, -0.15) is 5.10 Å². The number of nitrogens with zero attached hydrogens (tertiary/aromatic N) is 2. The molecule has 1 aliphatic rings. The maximum atomic E-state index is 8.73. The van der Waals surface area contributed by atoms with Crippen molar-refractivity contribution in [1.82, 2.24) is 9.78 Å². The highest BCUT2D eigenvalue weighted by Gasteiger charge is 2.14. The molecule has 1 heterocycles. The van der Waals surface area contributed by atoms with Crippen molar-refractivity contribution in [3.8, 4) is 0 Å². The van der Waals surface area contributed by atoms with Gasteiger partial charge in [0.1, 0.15) is 0 Å². The highest BCUT2D eigenvalue weighted by Crippen LogP contribution is 2.21. The van der Waals surface area contributed by atoms with Gasteiger partial charge in [-0.15, -0.1) is 12.4 Å². The van der Waals surface area contributed by atoms with Crippen LogP contribution in [0.15, 0.2) is 12.4 Å². The fraction of sp³-hybridized carbons (Fsp3) is 0.700. The van der Waals surface area contributed by atoms with E-state index in [9.17, 15) is 0 Å². The highest BCUT2D eigenvalue weighted by molar-refractivity contribution is 5.85. The van der Waals surface area contributed by atoms with E-state index in [1.807, 2.05) is 12.4 Å². The molecule has 0 aliphatic heterocycles. The Hall–Kier alpha value is -0.740. The normalized spacial score (nSPS) is 16.3. The van der Waals surface area contributed by atoms with Crippen molar-refractivity contribution in [3.63, 3.8) is 0 Å². The van der Waals surface area contributed by atoms with Crippen LogP contribution in [0.3, 0.4) is 0 Å². The number of halogens is 1. The van der Waals surface area contributed by atoms with E-state index in [2.05, 4.69) is 10.4 Å². The fourth-order valence-corrected chi connectivity index (χ4v) is 1.97. The molecule has 1 aliphatic carbocycles. The predicted octanol–water partition coefficient (Wildman–Crippen LogP) is 1.65. The zero-order valence-electron chi connectivity index (χ0n) is 8.72. The summed E-state index contributed by atoms with van der Waals surface area (Å²) in [6.45, 7) is 0.719. The van der Waals surface area contributed by atoms with Gasteiger partial charge >= 0.3 is 0 Å². The minimum absolute atomic E-state index is 0. The Morgan fingerprint density at radius 3 is 2.87 bits per heavy atom. The molecule has 2 rings (SSSR count). The lowest BCUT2D eigenvalue weighted by atomic mass is 10.2. The van der Waals surface area contributed by atoms with Crippen LogP contribution in [0, 0.1) is 0 Å². The van der Waals surface area contributed by atoms with Gasteiger partial charge in [0, 0.05) is 12.2 Å². The van der Waals surface area contributed by atoms with E-state index in [1.165, 1.54) is 25.7 Å². The second-order valence-corrected chi connectivity index (χ2v) is 3.84. The van der Waals surface area contributed by atoms with Crippen molar-refractivity contribution in [3.05, 3.63) is 12.4 Å². The molecule has 4 nitrogen and oxygen atoms in total. The molecule has 5 heteroatoms. The largest absolute Gasteiger partial charge is 0.394 e. The summed E-state index contributed by atoms with van der Waals surface area (Å²) in [6, 6.07) is 0.627. The lowest BCUT2D eigenvalue weighted by Gasteiger charge is -2.10. The third-order valence-corrected chi connectivity index (χ3v) is 2.69. The molecule has 15 heavy (non-hydrogen) atoms. The van der Waals surface area contributed by atoms with Gasteiger partial charge in [0.2, 0.25) is 0 Å². The molecule has 0 saturated heterocycles. The first kappa shape index (κ1) is 12.3. The first-order valence-corrected chi connectivity index (χ1v) is 5.28. The van der Waals surface area contributed by atoms with Crippen LogP contribution in [0.1, 0.15) is 25.7 Å². The zero-order valence-corrected chi connectivity index (χ0v) is 9.54. The smallest absolute Gasteiger partial charge is 0.0728 e. The molecule has 86 valence electrons. The van der Waals surface area contributed by atoms with Gasteiger partial charge in [-0.3, -0.25) is 4.68 Å². The van der Waals surface area contributed by atoms with E-state index >= 15 is 0 Å². The molecule has 1 fully saturated rings. The zero-order chi connectivity index (χ0) is 9.80. The quantitative estimate of drug-likeness (QED) is 0.829. The molecule has 0 atom stereocenters. The van der Waals surface area contributed by atoms with Gasteiger partial charge in [0.05, 0.1) is 25.0 Å². The van der Waals surface area contributed by atoms with Gasteiger partial charge < -0.3 is 10.4 Å². The van der Waals surface area contributed by atoms with E-state index in [-0.39, 0.29) is 19.0 Å². The van der Waals surface area contributed by atoms with Crippen LogP contribution < -0.4 is 5.32 Å². The number of anilines is 1. The predicted molar refractivity (Wildman–Crippen MR) is 62.4 cm³/mol. The van der Waals surface area contributed by atoms with Gasteiger partial charge in [-0.25, -0.2) is 0 Å². The second-order valence-electron chi connectivity index (χ2n) is 3.84. The van der Waals surface area contributed by atoms with Crippen molar-refractivity contribution in [1.29, 1.82) is 0 Å². The standard InChI is InChI=1S/C10H17N3O.ClH/c14-6-5-13-8-10(7-11-13)12-9-3-1-2-4-9;/h7-9,12,14H,1-6H2;1H. The molecule has 0 bridgehead atoms. The summed E-state index contributed by atoms with van der Waals surface area (Å²) in [7, 11) is 0. The van der Waals surface area contributed by atoms with E-state index < -0.39 is 0 Å². The van der Waals surface area contributed by atoms with Gasteiger partial charge in [-0.1, -0.05) is 12.8 Å². The average molecular weight is 232 g/mol. The third kappa shape index (κ3) is 3.39. The average Bonchev–Trinajstić information content (AvgIpc) is 2.79. The van der Waals surface area contributed by atoms with E-state index in [0.29, 0.717) is 12.6 Å². The molecule has 0 unspecified atom stereocenters. The van der Waals surface area contributed by atoms with E-state index in [0.717, 1.165) is 5.69 Å². The van der Waals surface area contributed by atoms with E-state index in [4.69, 9.17) is 5.11 Å².